The fourth-order valence-corrected chi connectivity index (χ4v) is 11.9. The Hall–Kier alpha value is -1.46. The number of allylic oxidation sites excluding steroid dienone is 4. The molecule has 4 aliphatic rings. The van der Waals surface area contributed by atoms with Crippen LogP contribution in [0.15, 0.2) is 23.8 Å². The normalized spacial score (nSPS) is 30.6. The van der Waals surface area contributed by atoms with Crippen molar-refractivity contribution in [2.45, 2.75) is 176 Å². The van der Waals surface area contributed by atoms with Gasteiger partial charge >= 0.3 is 5.97 Å². The topological polar surface area (TPSA) is 66.8 Å². The highest BCUT2D eigenvalue weighted by atomic mass is 16.5. The summed E-state index contributed by atoms with van der Waals surface area (Å²) in [6, 6.07) is 0. The van der Waals surface area contributed by atoms with E-state index in [4.69, 9.17) is 4.74 Å². The Morgan fingerprint density at radius 3 is 2.25 bits per heavy atom. The molecule has 0 aromatic heterocycles. The average molecular weight is 724 g/mol. The van der Waals surface area contributed by atoms with E-state index in [-0.39, 0.29) is 12.6 Å². The lowest BCUT2D eigenvalue weighted by atomic mass is 9.46. The van der Waals surface area contributed by atoms with Crippen molar-refractivity contribution in [3.63, 3.8) is 0 Å². The van der Waals surface area contributed by atoms with Crippen LogP contribution in [0.25, 0.3) is 0 Å². The van der Waals surface area contributed by atoms with E-state index in [1.807, 2.05) is 6.08 Å². The maximum Gasteiger partial charge on any atom is 0.305 e. The van der Waals surface area contributed by atoms with Crippen molar-refractivity contribution in [3.05, 3.63) is 23.8 Å². The third kappa shape index (κ3) is 12.0. The largest absolute Gasteiger partial charge is 0.469 e. The molecule has 8 unspecified atom stereocenters. The number of aliphatic hydroxyl groups excluding tert-OH is 1. The SMILES string of the molecule is COC(=O)CCCCCCN(CCCCO)CCCCCC(=O)C=CC1CCC2(C)C(=CCC3C2CCC2(C)C(C(C)CCCC(C)C)CCC32)C1. The summed E-state index contributed by atoms with van der Waals surface area (Å²) in [4.78, 5) is 26.8. The quantitative estimate of drug-likeness (QED) is 0.0465. The minimum Gasteiger partial charge on any atom is -0.469 e. The van der Waals surface area contributed by atoms with Crippen LogP contribution in [0, 0.1) is 52.3 Å². The fraction of sp³-hybridized carbons (Fsp3) is 0.872. The van der Waals surface area contributed by atoms with Crippen molar-refractivity contribution in [2.75, 3.05) is 33.4 Å². The Bertz CT molecular complexity index is 1140. The summed E-state index contributed by atoms with van der Waals surface area (Å²) in [6.45, 7) is 16.1. The minimum absolute atomic E-state index is 0.114. The summed E-state index contributed by atoms with van der Waals surface area (Å²) >= 11 is 0. The molecule has 5 nitrogen and oxygen atoms in total. The Labute approximate surface area is 320 Å². The molecule has 0 saturated heterocycles. The number of rotatable bonds is 24. The first-order valence-corrected chi connectivity index (χ1v) is 22.3. The van der Waals surface area contributed by atoms with Gasteiger partial charge in [0, 0.05) is 19.4 Å². The summed E-state index contributed by atoms with van der Waals surface area (Å²) in [6.07, 6.45) is 32.4. The van der Waals surface area contributed by atoms with Crippen LogP contribution in [0.3, 0.4) is 0 Å². The summed E-state index contributed by atoms with van der Waals surface area (Å²) in [5.74, 6) is 5.99. The van der Waals surface area contributed by atoms with Gasteiger partial charge in [-0.25, -0.2) is 0 Å². The zero-order valence-corrected chi connectivity index (χ0v) is 34.8. The highest BCUT2D eigenvalue weighted by molar-refractivity contribution is 5.89. The van der Waals surface area contributed by atoms with Crippen molar-refractivity contribution in [1.29, 1.82) is 0 Å². The van der Waals surface area contributed by atoms with Crippen LogP contribution in [0.4, 0.5) is 0 Å². The lowest BCUT2D eigenvalue weighted by molar-refractivity contribution is -0.140. The molecule has 0 bridgehead atoms. The second kappa shape index (κ2) is 21.6. The van der Waals surface area contributed by atoms with E-state index in [0.29, 0.717) is 35.4 Å². The third-order valence-electron chi connectivity index (χ3n) is 15.0. The number of hydrogen-bond donors (Lipinski definition) is 1. The molecule has 0 aromatic carbocycles. The smallest absolute Gasteiger partial charge is 0.305 e. The molecule has 1 N–H and O–H groups in total. The van der Waals surface area contributed by atoms with Gasteiger partial charge in [-0.1, -0.05) is 90.9 Å². The second-order valence-electron chi connectivity index (χ2n) is 18.9. The molecule has 298 valence electrons. The van der Waals surface area contributed by atoms with Gasteiger partial charge in [-0.2, -0.15) is 0 Å². The lowest BCUT2D eigenvalue weighted by Gasteiger charge is -2.58. The molecule has 8 atom stereocenters. The number of ether oxygens (including phenoxy) is 1. The first-order chi connectivity index (χ1) is 25.0. The lowest BCUT2D eigenvalue weighted by Crippen LogP contribution is -2.50. The number of unbranched alkanes of at least 4 members (excludes halogenated alkanes) is 6. The molecule has 5 heteroatoms. The molecule has 3 fully saturated rings. The first-order valence-electron chi connectivity index (χ1n) is 22.3. The number of fused-ring (bicyclic) bond motifs is 5. The molecule has 4 aliphatic carbocycles. The van der Waals surface area contributed by atoms with Crippen molar-refractivity contribution >= 4 is 11.8 Å². The van der Waals surface area contributed by atoms with E-state index >= 15 is 0 Å². The second-order valence-corrected chi connectivity index (χ2v) is 18.9. The Kier molecular flexibility index (Phi) is 18.0. The third-order valence-corrected chi connectivity index (χ3v) is 15.0. The van der Waals surface area contributed by atoms with Crippen LogP contribution < -0.4 is 0 Å². The van der Waals surface area contributed by atoms with Gasteiger partial charge in [0.1, 0.15) is 0 Å². The predicted octanol–water partition coefficient (Wildman–Crippen LogP) is 11.5. The fourth-order valence-electron chi connectivity index (χ4n) is 11.9. The Morgan fingerprint density at radius 1 is 0.846 bits per heavy atom. The molecular formula is C47H81NO4. The number of ketones is 1. The van der Waals surface area contributed by atoms with Gasteiger partial charge in [0.2, 0.25) is 0 Å². The van der Waals surface area contributed by atoms with E-state index < -0.39 is 0 Å². The maximum atomic E-state index is 12.9. The molecule has 0 spiro atoms. The van der Waals surface area contributed by atoms with E-state index in [1.165, 1.54) is 77.7 Å². The zero-order valence-electron chi connectivity index (χ0n) is 34.8. The molecular weight excluding hydrogens is 643 g/mol. The number of hydrogen-bond acceptors (Lipinski definition) is 5. The van der Waals surface area contributed by atoms with Gasteiger partial charge in [-0.3, -0.25) is 9.59 Å². The molecule has 4 rings (SSSR count). The minimum atomic E-state index is -0.114. The molecule has 0 heterocycles. The van der Waals surface area contributed by atoms with Gasteiger partial charge in [-0.15, -0.1) is 0 Å². The molecule has 0 amide bonds. The number of carbonyl (C=O) groups is 2. The number of esters is 1. The van der Waals surface area contributed by atoms with Crippen LogP contribution in [0.5, 0.6) is 0 Å². The maximum absolute atomic E-state index is 12.9. The van der Waals surface area contributed by atoms with Gasteiger partial charge in [0.05, 0.1) is 7.11 Å². The Morgan fingerprint density at radius 2 is 1.54 bits per heavy atom. The van der Waals surface area contributed by atoms with Gasteiger partial charge in [0.25, 0.3) is 0 Å². The number of methoxy groups -OCH3 is 1. The van der Waals surface area contributed by atoms with Gasteiger partial charge in [0.15, 0.2) is 5.78 Å². The van der Waals surface area contributed by atoms with Crippen molar-refractivity contribution in [1.82, 2.24) is 4.90 Å². The van der Waals surface area contributed by atoms with Gasteiger partial charge in [-0.05, 0) is 168 Å². The molecule has 0 aromatic rings. The number of aliphatic hydroxyl groups is 1. The monoisotopic (exact) mass is 724 g/mol. The van der Waals surface area contributed by atoms with Crippen LogP contribution in [-0.4, -0.2) is 55.1 Å². The average Bonchev–Trinajstić information content (AvgIpc) is 3.48. The van der Waals surface area contributed by atoms with Crippen LogP contribution in [-0.2, 0) is 14.3 Å². The summed E-state index contributed by atoms with van der Waals surface area (Å²) in [5.41, 5.74) is 2.65. The predicted molar refractivity (Wildman–Crippen MR) is 217 cm³/mol. The van der Waals surface area contributed by atoms with E-state index in [0.717, 1.165) is 113 Å². The highest BCUT2D eigenvalue weighted by Crippen LogP contribution is 2.67. The summed E-state index contributed by atoms with van der Waals surface area (Å²) < 4.78 is 4.74. The molecule has 0 radical (unpaired) electrons. The molecule has 0 aliphatic heterocycles. The first kappa shape index (κ1) is 43.3. The highest BCUT2D eigenvalue weighted by Gasteiger charge is 2.59. The van der Waals surface area contributed by atoms with Crippen LogP contribution in [0.1, 0.15) is 176 Å². The van der Waals surface area contributed by atoms with E-state index in [1.54, 1.807) is 5.57 Å². The molecule has 52 heavy (non-hydrogen) atoms. The van der Waals surface area contributed by atoms with Crippen molar-refractivity contribution in [2.24, 2.45) is 52.3 Å². The zero-order chi connectivity index (χ0) is 37.6. The van der Waals surface area contributed by atoms with E-state index in [2.05, 4.69) is 51.7 Å². The number of nitrogens with zero attached hydrogens (tertiary/aromatic N) is 1. The number of carbonyl (C=O) groups excluding carboxylic acids is 2. The van der Waals surface area contributed by atoms with Crippen molar-refractivity contribution in [3.8, 4) is 0 Å². The molecule has 3 saturated carbocycles. The van der Waals surface area contributed by atoms with Crippen molar-refractivity contribution < 1.29 is 19.4 Å². The standard InChI is InChI=1S/C47H81NO4/c1-36(2)17-16-18-37(3)42-25-26-43-41-24-22-39-35-38(27-29-46(39,4)44(41)28-30-47(42,43)5)21-23-40(50)19-10-9-13-32-48(33-14-15-34-49)31-12-8-7-11-20-45(51)52-6/h21-23,36-38,41-44,49H,7-20,24-35H2,1-6H3. The van der Waals surface area contributed by atoms with E-state index in [9.17, 15) is 14.7 Å². The van der Waals surface area contributed by atoms with Crippen LogP contribution in [0.2, 0.25) is 0 Å². The summed E-state index contributed by atoms with van der Waals surface area (Å²) in [5, 5.41) is 9.24. The Balaban J connectivity index is 1.17. The van der Waals surface area contributed by atoms with Crippen LogP contribution >= 0.6 is 0 Å². The van der Waals surface area contributed by atoms with Gasteiger partial charge < -0.3 is 14.7 Å². The summed E-state index contributed by atoms with van der Waals surface area (Å²) in [7, 11) is 1.45.